The number of pyridine rings is 1. The predicted octanol–water partition coefficient (Wildman–Crippen LogP) is 13.9. The van der Waals surface area contributed by atoms with Gasteiger partial charge >= 0.3 is 0 Å². The lowest BCUT2D eigenvalue weighted by molar-refractivity contribution is 0.794. The fraction of sp³-hybridized carbons (Fsp3) is 0.0345. The molecule has 0 amide bonds. The second kappa shape index (κ2) is 14.3. The third-order valence-electron chi connectivity index (χ3n) is 12.8. The van der Waals surface area contributed by atoms with Crippen LogP contribution in [-0.2, 0) is 5.41 Å². The fourth-order valence-corrected chi connectivity index (χ4v) is 10.1. The van der Waals surface area contributed by atoms with Crippen molar-refractivity contribution in [1.82, 2.24) is 19.9 Å². The van der Waals surface area contributed by atoms with Gasteiger partial charge in [-0.3, -0.25) is 4.98 Å². The summed E-state index contributed by atoms with van der Waals surface area (Å²) in [6.07, 6.45) is 1.86. The summed E-state index contributed by atoms with van der Waals surface area (Å²) in [5.74, 6) is 1.92. The number of hydrogen-bond acceptors (Lipinski definition) is 4. The summed E-state index contributed by atoms with van der Waals surface area (Å²) in [7, 11) is 0. The molecule has 290 valence electrons. The maximum absolute atomic E-state index is 5.27. The number of benzene rings is 8. The number of rotatable bonds is 6. The van der Waals surface area contributed by atoms with Gasteiger partial charge in [-0.05, 0) is 97.4 Å². The Hall–Kier alpha value is -8.08. The van der Waals surface area contributed by atoms with E-state index < -0.39 is 5.41 Å². The quantitative estimate of drug-likeness (QED) is 0.168. The molecular weight excluding hydrogens is 753 g/mol. The second-order valence-electron chi connectivity index (χ2n) is 16.1. The van der Waals surface area contributed by atoms with E-state index in [2.05, 4.69) is 188 Å². The first-order valence-electron chi connectivity index (χ1n) is 21.1. The van der Waals surface area contributed by atoms with Crippen molar-refractivity contribution < 1.29 is 0 Å². The van der Waals surface area contributed by atoms with Crippen LogP contribution in [0.3, 0.4) is 0 Å². The highest BCUT2D eigenvalue weighted by molar-refractivity contribution is 5.98. The van der Waals surface area contributed by atoms with Gasteiger partial charge in [0.05, 0.1) is 5.41 Å². The van der Waals surface area contributed by atoms with Crippen molar-refractivity contribution in [1.29, 1.82) is 0 Å². The van der Waals surface area contributed by atoms with E-state index in [1.54, 1.807) is 0 Å². The van der Waals surface area contributed by atoms with Crippen LogP contribution in [0.15, 0.2) is 212 Å². The van der Waals surface area contributed by atoms with Crippen LogP contribution in [0.1, 0.15) is 27.9 Å². The topological polar surface area (TPSA) is 51.6 Å². The summed E-state index contributed by atoms with van der Waals surface area (Å²) < 4.78 is 0. The molecule has 0 aliphatic heterocycles. The van der Waals surface area contributed by atoms with Crippen LogP contribution in [0.4, 0.5) is 0 Å². The number of nitrogens with zero attached hydrogens (tertiary/aromatic N) is 4. The van der Waals surface area contributed by atoms with Crippen molar-refractivity contribution in [2.24, 2.45) is 0 Å². The summed E-state index contributed by atoms with van der Waals surface area (Å²) in [6, 6.07) is 73.8. The van der Waals surface area contributed by atoms with E-state index in [4.69, 9.17) is 15.0 Å². The number of aromatic nitrogens is 4. The molecule has 2 heterocycles. The molecule has 2 aliphatic carbocycles. The minimum atomic E-state index is -0.498. The van der Waals surface area contributed by atoms with Gasteiger partial charge in [0, 0.05) is 34.1 Å². The monoisotopic (exact) mass is 790 g/mol. The Kier molecular flexibility index (Phi) is 8.26. The van der Waals surface area contributed by atoms with Crippen molar-refractivity contribution >= 4 is 0 Å². The number of aryl methyl sites for hydroxylation is 1. The summed E-state index contributed by atoms with van der Waals surface area (Å²) in [5.41, 5.74) is 20.3. The third kappa shape index (κ3) is 5.47. The Morgan fingerprint density at radius 1 is 0.290 bits per heavy atom. The first kappa shape index (κ1) is 35.8. The molecule has 2 aromatic heterocycles. The van der Waals surface area contributed by atoms with Crippen LogP contribution in [0.2, 0.25) is 0 Å². The lowest BCUT2D eigenvalue weighted by Crippen LogP contribution is -2.25. The number of hydrogen-bond donors (Lipinski definition) is 0. The van der Waals surface area contributed by atoms with E-state index in [0.29, 0.717) is 17.5 Å². The molecule has 2 aliphatic rings. The van der Waals surface area contributed by atoms with E-state index >= 15 is 0 Å². The second-order valence-corrected chi connectivity index (χ2v) is 16.1. The summed E-state index contributed by atoms with van der Waals surface area (Å²) in [6.45, 7) is 2.09. The summed E-state index contributed by atoms with van der Waals surface area (Å²) in [4.78, 5) is 20.2. The van der Waals surface area contributed by atoms with Crippen molar-refractivity contribution in [2.45, 2.75) is 12.3 Å². The standard InChI is InChI=1S/C58H38N4/c1-37-42(27-16-34-59-37)45-23-10-8-22-44(45)40-30-32-53-49(35-40)46-24-12-14-28-51(46)58(53)52-29-15-13-25-47(52)50-36-41(31-33-54(50)58)56-60-55(39-19-6-3-7-20-39)61-57(62-56)48-26-11-9-21-43(48)38-17-4-2-5-18-38/h2-36H,1H3. The first-order chi connectivity index (χ1) is 30.7. The Labute approximate surface area is 361 Å². The van der Waals surface area contributed by atoms with Gasteiger partial charge in [0.2, 0.25) is 0 Å². The summed E-state index contributed by atoms with van der Waals surface area (Å²) >= 11 is 0. The van der Waals surface area contributed by atoms with Gasteiger partial charge in [-0.1, -0.05) is 188 Å². The highest BCUT2D eigenvalue weighted by Crippen LogP contribution is 2.63. The summed E-state index contributed by atoms with van der Waals surface area (Å²) in [5, 5.41) is 0. The van der Waals surface area contributed by atoms with Gasteiger partial charge < -0.3 is 0 Å². The molecule has 0 fully saturated rings. The van der Waals surface area contributed by atoms with E-state index in [1.165, 1.54) is 61.2 Å². The molecule has 1 unspecified atom stereocenters. The van der Waals surface area contributed by atoms with Crippen LogP contribution in [-0.4, -0.2) is 19.9 Å². The Balaban J connectivity index is 1.05. The smallest absolute Gasteiger partial charge is 0.164 e. The fourth-order valence-electron chi connectivity index (χ4n) is 10.1. The van der Waals surface area contributed by atoms with Crippen molar-refractivity contribution in [3.63, 3.8) is 0 Å². The van der Waals surface area contributed by atoms with Gasteiger partial charge in [0.25, 0.3) is 0 Å². The largest absolute Gasteiger partial charge is 0.261 e. The maximum Gasteiger partial charge on any atom is 0.164 e. The molecule has 62 heavy (non-hydrogen) atoms. The van der Waals surface area contributed by atoms with Gasteiger partial charge in [-0.2, -0.15) is 0 Å². The van der Waals surface area contributed by atoms with Gasteiger partial charge in [0.1, 0.15) is 0 Å². The van der Waals surface area contributed by atoms with E-state index in [1.807, 2.05) is 36.5 Å². The SMILES string of the molecule is Cc1ncccc1-c1ccccc1-c1ccc2c(c1)-c1ccccc1C21c2ccccc2-c2cc(-c3nc(-c4ccccc4)nc(-c4ccccc4-c4ccccc4)n3)ccc21. The molecule has 0 bridgehead atoms. The normalized spacial score (nSPS) is 14.3. The average molecular weight is 791 g/mol. The van der Waals surface area contributed by atoms with Crippen LogP contribution >= 0.6 is 0 Å². The first-order valence-corrected chi connectivity index (χ1v) is 21.1. The van der Waals surface area contributed by atoms with Crippen molar-refractivity contribution in [3.8, 4) is 89.8 Å². The van der Waals surface area contributed by atoms with Crippen LogP contribution in [0, 0.1) is 6.92 Å². The minimum Gasteiger partial charge on any atom is -0.261 e. The van der Waals surface area contributed by atoms with E-state index in [-0.39, 0.29) is 0 Å². The lowest BCUT2D eigenvalue weighted by atomic mass is 9.70. The maximum atomic E-state index is 5.27. The molecule has 1 spiro atoms. The number of fused-ring (bicyclic) bond motifs is 10. The zero-order valence-electron chi connectivity index (χ0n) is 34.0. The van der Waals surface area contributed by atoms with Gasteiger partial charge in [-0.25, -0.2) is 15.0 Å². The molecule has 0 radical (unpaired) electrons. The molecule has 12 rings (SSSR count). The van der Waals surface area contributed by atoms with Crippen molar-refractivity contribution in [3.05, 3.63) is 240 Å². The molecule has 0 saturated carbocycles. The molecule has 8 aromatic carbocycles. The van der Waals surface area contributed by atoms with Gasteiger partial charge in [-0.15, -0.1) is 0 Å². The molecule has 1 atom stereocenters. The van der Waals surface area contributed by atoms with Gasteiger partial charge in [0.15, 0.2) is 17.5 Å². The third-order valence-corrected chi connectivity index (χ3v) is 12.8. The molecule has 0 saturated heterocycles. The molecular formula is C58H38N4. The Morgan fingerprint density at radius 2 is 0.726 bits per heavy atom. The minimum absolute atomic E-state index is 0.498. The van der Waals surface area contributed by atoms with Crippen molar-refractivity contribution in [2.75, 3.05) is 0 Å². The zero-order valence-corrected chi connectivity index (χ0v) is 34.0. The molecule has 0 N–H and O–H groups in total. The highest BCUT2D eigenvalue weighted by Gasteiger charge is 2.51. The Bertz CT molecular complexity index is 3370. The van der Waals surface area contributed by atoms with Crippen LogP contribution < -0.4 is 0 Å². The predicted molar refractivity (Wildman–Crippen MR) is 251 cm³/mol. The molecule has 4 heteroatoms. The average Bonchev–Trinajstić information content (AvgIpc) is 3.81. The molecule has 4 nitrogen and oxygen atoms in total. The highest BCUT2D eigenvalue weighted by atomic mass is 15.0. The van der Waals surface area contributed by atoms with Crippen LogP contribution in [0.25, 0.3) is 89.8 Å². The van der Waals surface area contributed by atoms with E-state index in [0.717, 1.165) is 39.1 Å². The Morgan fingerprint density at radius 3 is 1.35 bits per heavy atom. The van der Waals surface area contributed by atoms with E-state index in [9.17, 15) is 0 Å². The lowest BCUT2D eigenvalue weighted by Gasteiger charge is -2.30. The zero-order chi connectivity index (χ0) is 41.2. The van der Waals surface area contributed by atoms with Crippen LogP contribution in [0.5, 0.6) is 0 Å². The molecule has 10 aromatic rings.